The molecule has 0 bridgehead atoms. The number of imidazole rings is 1. The van der Waals surface area contributed by atoms with E-state index in [1.54, 1.807) is 0 Å². The highest BCUT2D eigenvalue weighted by Crippen LogP contribution is 2.31. The first-order valence-corrected chi connectivity index (χ1v) is 24.4. The van der Waals surface area contributed by atoms with Gasteiger partial charge in [-0.1, -0.05) is 28.9 Å². The summed E-state index contributed by atoms with van der Waals surface area (Å²) in [4.78, 5) is 7.68. The summed E-state index contributed by atoms with van der Waals surface area (Å²) in [5.74, 6) is 2.47. The van der Waals surface area contributed by atoms with Crippen molar-refractivity contribution in [3.05, 3.63) is 64.3 Å². The number of aryl methyl sites for hydroxylation is 4. The van der Waals surface area contributed by atoms with Gasteiger partial charge in [-0.25, -0.2) is 4.98 Å². The van der Waals surface area contributed by atoms with Gasteiger partial charge in [-0.05, 0) is 62.6 Å². The first-order valence-electron chi connectivity index (χ1n) is 24.1. The molecule has 18 nitrogen and oxygen atoms in total. The molecule has 0 unspecified atom stereocenters. The molecule has 0 amide bonds. The number of halogens is 1. The van der Waals surface area contributed by atoms with E-state index in [4.69, 9.17) is 83.7 Å². The van der Waals surface area contributed by atoms with Crippen LogP contribution >= 0.6 is 11.6 Å². The van der Waals surface area contributed by atoms with Crippen LogP contribution in [0.3, 0.4) is 0 Å². The lowest BCUT2D eigenvalue weighted by Gasteiger charge is -2.32. The summed E-state index contributed by atoms with van der Waals surface area (Å²) >= 11 is 6.70. The number of benzene rings is 2. The van der Waals surface area contributed by atoms with Gasteiger partial charge in [-0.15, -0.1) is 0 Å². The molecule has 68 heavy (non-hydrogen) atoms. The van der Waals surface area contributed by atoms with Crippen LogP contribution in [0.2, 0.25) is 5.02 Å². The van der Waals surface area contributed by atoms with E-state index in [1.165, 1.54) is 0 Å². The molecule has 2 aromatic carbocycles. The van der Waals surface area contributed by atoms with Crippen LogP contribution in [0.15, 0.2) is 40.9 Å². The van der Waals surface area contributed by atoms with Crippen molar-refractivity contribution in [1.29, 1.82) is 0 Å². The molecule has 2 aromatic heterocycles. The zero-order valence-corrected chi connectivity index (χ0v) is 41.4. The van der Waals surface area contributed by atoms with Crippen molar-refractivity contribution in [2.75, 3.05) is 172 Å². The van der Waals surface area contributed by atoms with Crippen molar-refractivity contribution >= 4 is 22.6 Å². The molecule has 5 rings (SSSR count). The zero-order chi connectivity index (χ0) is 47.9. The molecule has 1 aliphatic heterocycles. The maximum atomic E-state index is 6.70. The van der Waals surface area contributed by atoms with Gasteiger partial charge >= 0.3 is 0 Å². The van der Waals surface area contributed by atoms with Crippen LogP contribution in [-0.2, 0) is 71.5 Å². The number of hydrogen-bond donors (Lipinski definition) is 1. The Bertz CT molecular complexity index is 1910. The van der Waals surface area contributed by atoms with E-state index in [1.807, 2.05) is 26.0 Å². The first kappa shape index (κ1) is 55.6. The van der Waals surface area contributed by atoms with Gasteiger partial charge in [-0.2, -0.15) is 0 Å². The van der Waals surface area contributed by atoms with Gasteiger partial charge in [0.25, 0.3) is 0 Å². The minimum Gasteiger partial charge on any atom is -0.490 e. The summed E-state index contributed by atoms with van der Waals surface area (Å²) < 4.78 is 74.4. The summed E-state index contributed by atoms with van der Waals surface area (Å²) in [5.41, 5.74) is 11.5. The second-order valence-corrected chi connectivity index (χ2v) is 16.5. The molecule has 19 heteroatoms. The largest absolute Gasteiger partial charge is 0.490 e. The first-order chi connectivity index (χ1) is 33.4. The van der Waals surface area contributed by atoms with Gasteiger partial charge in [0.2, 0.25) is 0 Å². The third-order valence-electron chi connectivity index (χ3n) is 11.0. The van der Waals surface area contributed by atoms with Crippen LogP contribution in [0.4, 0.5) is 0 Å². The normalized spacial score (nSPS) is 13.8. The number of ether oxygens (including phenoxy) is 12. The number of hydrogen-bond acceptors (Lipinski definition) is 17. The maximum Gasteiger partial charge on any atom is 0.141 e. The maximum absolute atomic E-state index is 6.70. The van der Waals surface area contributed by atoms with E-state index in [2.05, 4.69) is 45.8 Å². The third-order valence-corrected chi connectivity index (χ3v) is 11.3. The average molecular weight is 979 g/mol. The molecule has 4 aromatic rings. The number of fused-ring (bicyclic) bond motifs is 1. The summed E-state index contributed by atoms with van der Waals surface area (Å²) in [6.45, 7) is 21.3. The van der Waals surface area contributed by atoms with Gasteiger partial charge in [0, 0.05) is 44.2 Å². The Labute approximate surface area is 407 Å². The molecule has 1 atom stereocenters. The minimum atomic E-state index is 0.333. The molecule has 1 saturated heterocycles. The highest BCUT2D eigenvalue weighted by atomic mass is 35.5. The highest BCUT2D eigenvalue weighted by Gasteiger charge is 2.21. The van der Waals surface area contributed by atoms with Gasteiger partial charge in [-0.3, -0.25) is 4.90 Å². The Hall–Kier alpha value is -3.31. The van der Waals surface area contributed by atoms with Crippen LogP contribution in [0.25, 0.3) is 22.2 Å². The van der Waals surface area contributed by atoms with Crippen LogP contribution in [-0.4, -0.2) is 197 Å². The SMILES string of the molecule is Cc1noc(C)c1-c1ccc2c(c1)nc(CCc1ccc(OCCOCCOCCOCCOCCOCCOCCOCCOCCOCCOCCN)c(Cl)c1)n2C[C@H](C)N1CCOCC1. The van der Waals surface area contributed by atoms with Crippen molar-refractivity contribution in [3.63, 3.8) is 0 Å². The van der Waals surface area contributed by atoms with Crippen LogP contribution in [0, 0.1) is 13.8 Å². The standard InChI is InChI=1S/C49H76ClN5O13/c1-39(54-11-14-57-15-12-54)38-55-46-7-6-43(49-40(2)53-68-41(49)3)37-45(46)52-48(55)9-5-42-4-8-47(44(50)36-42)67-35-34-66-33-32-65-31-30-64-29-28-63-27-26-62-25-24-61-23-22-60-21-20-59-19-18-58-17-16-56-13-10-51/h4,6-8,36-37,39H,5,9-35,38,51H2,1-3H3/t39-/m0/s1. The lowest BCUT2D eigenvalue weighted by molar-refractivity contribution is -0.0266. The number of nitrogens with two attached hydrogens (primary N) is 1. The number of nitrogens with zero attached hydrogens (tertiary/aromatic N) is 4. The second-order valence-electron chi connectivity index (χ2n) is 16.1. The van der Waals surface area contributed by atoms with Crippen LogP contribution < -0.4 is 10.5 Å². The Morgan fingerprint density at radius 1 is 0.632 bits per heavy atom. The Balaban J connectivity index is 0.838. The van der Waals surface area contributed by atoms with Gasteiger partial charge in [0.1, 0.15) is 23.9 Å². The average Bonchev–Trinajstić information content (AvgIpc) is 3.88. The Morgan fingerprint density at radius 2 is 1.13 bits per heavy atom. The number of aromatic nitrogens is 3. The van der Waals surface area contributed by atoms with Crippen LogP contribution in [0.1, 0.15) is 29.8 Å². The van der Waals surface area contributed by atoms with E-state index in [0.717, 1.165) is 90.7 Å². The fourth-order valence-electron chi connectivity index (χ4n) is 7.47. The molecule has 0 spiro atoms. The fourth-order valence-corrected chi connectivity index (χ4v) is 7.73. The molecular weight excluding hydrogens is 902 g/mol. The molecule has 1 fully saturated rings. The molecule has 382 valence electrons. The monoisotopic (exact) mass is 978 g/mol. The molecule has 2 N–H and O–H groups in total. The minimum absolute atomic E-state index is 0.333. The summed E-state index contributed by atoms with van der Waals surface area (Å²) in [6, 6.07) is 12.8. The highest BCUT2D eigenvalue weighted by molar-refractivity contribution is 6.32. The predicted molar refractivity (Wildman–Crippen MR) is 258 cm³/mol. The van der Waals surface area contributed by atoms with Crippen molar-refractivity contribution in [1.82, 2.24) is 19.6 Å². The van der Waals surface area contributed by atoms with E-state index in [9.17, 15) is 0 Å². The van der Waals surface area contributed by atoms with Crippen molar-refractivity contribution in [3.8, 4) is 16.9 Å². The smallest absolute Gasteiger partial charge is 0.141 e. The van der Waals surface area contributed by atoms with Crippen LogP contribution in [0.5, 0.6) is 5.75 Å². The quantitative estimate of drug-likeness (QED) is 0.0589. The van der Waals surface area contributed by atoms with E-state index in [0.29, 0.717) is 162 Å². The Morgan fingerprint density at radius 3 is 1.60 bits per heavy atom. The summed E-state index contributed by atoms with van der Waals surface area (Å²) in [5, 5.41) is 4.74. The summed E-state index contributed by atoms with van der Waals surface area (Å²) in [7, 11) is 0. The second kappa shape index (κ2) is 34.1. The molecule has 0 radical (unpaired) electrons. The number of morpholine rings is 1. The van der Waals surface area contributed by atoms with E-state index < -0.39 is 0 Å². The zero-order valence-electron chi connectivity index (χ0n) is 40.6. The molecule has 1 aliphatic rings. The topological polar surface area (TPSA) is 184 Å². The fraction of sp³-hybridized carbons (Fsp3) is 0.673. The Kier molecular flexibility index (Phi) is 27.9. The van der Waals surface area contributed by atoms with E-state index in [-0.39, 0.29) is 0 Å². The van der Waals surface area contributed by atoms with Gasteiger partial charge in [0.15, 0.2) is 0 Å². The molecule has 0 aliphatic carbocycles. The lowest BCUT2D eigenvalue weighted by atomic mass is 10.0. The number of rotatable bonds is 40. The van der Waals surface area contributed by atoms with Gasteiger partial charge < -0.3 is 71.7 Å². The molecule has 0 saturated carbocycles. The van der Waals surface area contributed by atoms with Crippen molar-refractivity contribution < 1.29 is 61.4 Å². The molecule has 3 heterocycles. The lowest BCUT2D eigenvalue weighted by Crippen LogP contribution is -2.44. The third kappa shape index (κ3) is 21.0. The van der Waals surface area contributed by atoms with Gasteiger partial charge in [0.05, 0.1) is 167 Å². The van der Waals surface area contributed by atoms with Crippen molar-refractivity contribution in [2.45, 2.75) is 46.2 Å². The summed E-state index contributed by atoms with van der Waals surface area (Å²) in [6.07, 6.45) is 1.54. The van der Waals surface area contributed by atoms with Crippen molar-refractivity contribution in [2.24, 2.45) is 5.73 Å². The van der Waals surface area contributed by atoms with E-state index >= 15 is 0 Å². The molecular formula is C49H76ClN5O13. The predicted octanol–water partition coefficient (Wildman–Crippen LogP) is 4.97.